The predicted molar refractivity (Wildman–Crippen MR) is 76.5 cm³/mol. The third kappa shape index (κ3) is 3.68. The van der Waals surface area contributed by atoms with E-state index in [1.54, 1.807) is 18.3 Å². The van der Waals surface area contributed by atoms with E-state index in [0.717, 1.165) is 18.9 Å². The molecule has 2 aromatic rings. The van der Waals surface area contributed by atoms with Crippen LogP contribution >= 0.6 is 0 Å². The summed E-state index contributed by atoms with van der Waals surface area (Å²) < 4.78 is 4.68. The number of imidazole rings is 1. The summed E-state index contributed by atoms with van der Waals surface area (Å²) in [7, 11) is 1.39. The summed E-state index contributed by atoms with van der Waals surface area (Å²) in [5.41, 5.74) is 1.76. The SMILES string of the molecule is COC(=O)c1ccc([C@@H](C)CNCc2ncc[nH]2)cc1. The highest BCUT2D eigenvalue weighted by molar-refractivity contribution is 5.89. The molecule has 106 valence electrons. The van der Waals surface area contributed by atoms with Gasteiger partial charge in [0.2, 0.25) is 0 Å². The molecule has 0 spiro atoms. The number of benzene rings is 1. The van der Waals surface area contributed by atoms with Crippen LogP contribution in [0.15, 0.2) is 36.7 Å². The Bertz CT molecular complexity index is 535. The highest BCUT2D eigenvalue weighted by atomic mass is 16.5. The molecule has 0 aliphatic rings. The largest absolute Gasteiger partial charge is 0.465 e. The third-order valence-electron chi connectivity index (χ3n) is 3.20. The van der Waals surface area contributed by atoms with Gasteiger partial charge in [-0.2, -0.15) is 0 Å². The average molecular weight is 273 g/mol. The second-order valence-corrected chi connectivity index (χ2v) is 4.68. The Morgan fingerprint density at radius 2 is 2.15 bits per heavy atom. The summed E-state index contributed by atoms with van der Waals surface area (Å²) in [6, 6.07) is 7.52. The maximum Gasteiger partial charge on any atom is 0.337 e. The molecule has 2 rings (SSSR count). The molecule has 5 heteroatoms. The number of carbonyl (C=O) groups is 1. The normalized spacial score (nSPS) is 12.1. The van der Waals surface area contributed by atoms with Crippen LogP contribution in [0.5, 0.6) is 0 Å². The Kier molecular flexibility index (Phi) is 4.90. The lowest BCUT2D eigenvalue weighted by atomic mass is 10.00. The number of rotatable bonds is 6. The van der Waals surface area contributed by atoms with Gasteiger partial charge < -0.3 is 15.0 Å². The fraction of sp³-hybridized carbons (Fsp3) is 0.333. The number of carbonyl (C=O) groups excluding carboxylic acids is 1. The third-order valence-corrected chi connectivity index (χ3v) is 3.20. The molecular weight excluding hydrogens is 254 g/mol. The molecule has 0 amide bonds. The molecule has 0 bridgehead atoms. The van der Waals surface area contributed by atoms with Crippen molar-refractivity contribution in [2.24, 2.45) is 0 Å². The van der Waals surface area contributed by atoms with Crippen molar-refractivity contribution < 1.29 is 9.53 Å². The quantitative estimate of drug-likeness (QED) is 0.791. The molecule has 1 aromatic carbocycles. The fourth-order valence-electron chi connectivity index (χ4n) is 1.99. The number of methoxy groups -OCH3 is 1. The maximum atomic E-state index is 11.4. The van der Waals surface area contributed by atoms with Gasteiger partial charge >= 0.3 is 5.97 Å². The zero-order chi connectivity index (χ0) is 14.4. The molecule has 0 radical (unpaired) electrons. The first-order valence-corrected chi connectivity index (χ1v) is 6.58. The van der Waals surface area contributed by atoms with Gasteiger partial charge in [0.25, 0.3) is 0 Å². The number of aromatic amines is 1. The predicted octanol–water partition coefficient (Wildman–Crippen LogP) is 2.09. The summed E-state index contributed by atoms with van der Waals surface area (Å²) in [5, 5.41) is 3.35. The molecule has 2 N–H and O–H groups in total. The summed E-state index contributed by atoms with van der Waals surface area (Å²) in [4.78, 5) is 18.6. The first kappa shape index (κ1) is 14.3. The van der Waals surface area contributed by atoms with E-state index in [2.05, 4.69) is 26.9 Å². The van der Waals surface area contributed by atoms with Gasteiger partial charge in [-0.15, -0.1) is 0 Å². The monoisotopic (exact) mass is 273 g/mol. The topological polar surface area (TPSA) is 67.0 Å². The van der Waals surface area contributed by atoms with Crippen LogP contribution < -0.4 is 5.32 Å². The van der Waals surface area contributed by atoms with Crippen molar-refractivity contribution in [1.29, 1.82) is 0 Å². The second kappa shape index (κ2) is 6.86. The van der Waals surface area contributed by atoms with E-state index in [-0.39, 0.29) is 5.97 Å². The van der Waals surface area contributed by atoms with Crippen LogP contribution in [0.1, 0.15) is 34.6 Å². The molecule has 0 fully saturated rings. The van der Waals surface area contributed by atoms with Gasteiger partial charge in [0.05, 0.1) is 19.2 Å². The van der Waals surface area contributed by atoms with Crippen molar-refractivity contribution in [3.8, 4) is 0 Å². The van der Waals surface area contributed by atoms with Crippen LogP contribution in [0.4, 0.5) is 0 Å². The van der Waals surface area contributed by atoms with Crippen molar-refractivity contribution >= 4 is 5.97 Å². The Balaban J connectivity index is 1.85. The number of esters is 1. The minimum absolute atomic E-state index is 0.305. The summed E-state index contributed by atoms with van der Waals surface area (Å²) in [6.07, 6.45) is 3.55. The molecular formula is C15H19N3O2. The van der Waals surface area contributed by atoms with E-state index < -0.39 is 0 Å². The Hall–Kier alpha value is -2.14. The average Bonchev–Trinajstić information content (AvgIpc) is 2.99. The second-order valence-electron chi connectivity index (χ2n) is 4.68. The van der Waals surface area contributed by atoms with Crippen LogP contribution in [-0.4, -0.2) is 29.6 Å². The fourth-order valence-corrected chi connectivity index (χ4v) is 1.99. The Labute approximate surface area is 118 Å². The lowest BCUT2D eigenvalue weighted by molar-refractivity contribution is 0.0600. The number of aromatic nitrogens is 2. The van der Waals surface area contributed by atoms with E-state index in [4.69, 9.17) is 0 Å². The number of hydrogen-bond donors (Lipinski definition) is 2. The first-order chi connectivity index (χ1) is 9.70. The number of H-pyrrole nitrogens is 1. The summed E-state index contributed by atoms with van der Waals surface area (Å²) in [6.45, 7) is 3.71. The molecule has 0 aliphatic heterocycles. The van der Waals surface area contributed by atoms with Crippen LogP contribution in [0.3, 0.4) is 0 Å². The van der Waals surface area contributed by atoms with E-state index in [0.29, 0.717) is 11.5 Å². The molecule has 1 atom stereocenters. The van der Waals surface area contributed by atoms with Gasteiger partial charge in [0, 0.05) is 18.9 Å². The smallest absolute Gasteiger partial charge is 0.337 e. The highest BCUT2D eigenvalue weighted by Crippen LogP contribution is 2.15. The van der Waals surface area contributed by atoms with Gasteiger partial charge in [-0.05, 0) is 23.6 Å². The standard InChI is InChI=1S/C15H19N3O2/c1-11(9-16-10-14-17-7-8-18-14)12-3-5-13(6-4-12)15(19)20-2/h3-8,11,16H,9-10H2,1-2H3,(H,17,18)/t11-/m0/s1. The molecule has 1 heterocycles. The minimum atomic E-state index is -0.305. The molecule has 0 saturated carbocycles. The Morgan fingerprint density at radius 3 is 2.75 bits per heavy atom. The van der Waals surface area contributed by atoms with E-state index >= 15 is 0 Å². The summed E-state index contributed by atoms with van der Waals surface area (Å²) in [5.74, 6) is 0.982. The van der Waals surface area contributed by atoms with Crippen LogP contribution in [-0.2, 0) is 11.3 Å². The van der Waals surface area contributed by atoms with E-state index in [9.17, 15) is 4.79 Å². The molecule has 5 nitrogen and oxygen atoms in total. The zero-order valence-electron chi connectivity index (χ0n) is 11.7. The van der Waals surface area contributed by atoms with Crippen LogP contribution in [0, 0.1) is 0 Å². The van der Waals surface area contributed by atoms with E-state index in [1.165, 1.54) is 12.7 Å². The van der Waals surface area contributed by atoms with Crippen molar-refractivity contribution in [1.82, 2.24) is 15.3 Å². The number of nitrogens with one attached hydrogen (secondary N) is 2. The number of hydrogen-bond acceptors (Lipinski definition) is 4. The number of ether oxygens (including phenoxy) is 1. The van der Waals surface area contributed by atoms with Gasteiger partial charge in [-0.3, -0.25) is 0 Å². The molecule has 0 unspecified atom stereocenters. The van der Waals surface area contributed by atoms with Crippen LogP contribution in [0.25, 0.3) is 0 Å². The number of nitrogens with zero attached hydrogens (tertiary/aromatic N) is 1. The van der Waals surface area contributed by atoms with E-state index in [1.807, 2.05) is 18.3 Å². The Morgan fingerprint density at radius 1 is 1.40 bits per heavy atom. The van der Waals surface area contributed by atoms with Crippen molar-refractivity contribution in [3.05, 3.63) is 53.6 Å². The van der Waals surface area contributed by atoms with Gasteiger partial charge in [0.1, 0.15) is 5.82 Å². The highest BCUT2D eigenvalue weighted by Gasteiger charge is 2.08. The maximum absolute atomic E-state index is 11.4. The van der Waals surface area contributed by atoms with Gasteiger partial charge in [0.15, 0.2) is 0 Å². The molecule has 0 saturated heterocycles. The lowest BCUT2D eigenvalue weighted by Crippen LogP contribution is -2.20. The van der Waals surface area contributed by atoms with Gasteiger partial charge in [-0.1, -0.05) is 19.1 Å². The van der Waals surface area contributed by atoms with Crippen molar-refractivity contribution in [3.63, 3.8) is 0 Å². The van der Waals surface area contributed by atoms with Crippen LogP contribution in [0.2, 0.25) is 0 Å². The molecule has 0 aliphatic carbocycles. The minimum Gasteiger partial charge on any atom is -0.465 e. The van der Waals surface area contributed by atoms with Crippen molar-refractivity contribution in [2.75, 3.05) is 13.7 Å². The molecule has 1 aromatic heterocycles. The van der Waals surface area contributed by atoms with Crippen molar-refractivity contribution in [2.45, 2.75) is 19.4 Å². The van der Waals surface area contributed by atoms with Gasteiger partial charge in [-0.25, -0.2) is 9.78 Å². The summed E-state index contributed by atoms with van der Waals surface area (Å²) >= 11 is 0. The zero-order valence-corrected chi connectivity index (χ0v) is 11.7. The lowest BCUT2D eigenvalue weighted by Gasteiger charge is -2.13. The first-order valence-electron chi connectivity index (χ1n) is 6.58. The molecule has 20 heavy (non-hydrogen) atoms.